The van der Waals surface area contributed by atoms with Gasteiger partial charge in [0.1, 0.15) is 0 Å². The van der Waals surface area contributed by atoms with Gasteiger partial charge in [-0.1, -0.05) is 11.6 Å². The second-order valence-corrected chi connectivity index (χ2v) is 4.48. The van der Waals surface area contributed by atoms with Crippen LogP contribution in [0.5, 0.6) is 0 Å². The number of nitrogens with one attached hydrogen (secondary N) is 1. The molecule has 1 N–H and O–H groups in total. The van der Waals surface area contributed by atoms with E-state index in [1.54, 1.807) is 0 Å². The Labute approximate surface area is 106 Å². The van der Waals surface area contributed by atoms with Crippen LogP contribution in [0, 0.1) is 13.8 Å². The molecule has 0 amide bonds. The third-order valence-corrected chi connectivity index (χ3v) is 3.12. The maximum Gasteiger partial charge on any atom is 0.0952 e. The van der Waals surface area contributed by atoms with Crippen LogP contribution in [0.2, 0.25) is 5.02 Å². The number of halogens is 1. The maximum absolute atomic E-state index is 5.82. The third-order valence-electron chi connectivity index (χ3n) is 2.87. The summed E-state index contributed by atoms with van der Waals surface area (Å²) in [6.45, 7) is 5.90. The molecule has 3 nitrogen and oxygen atoms in total. The molecule has 2 aromatic rings. The van der Waals surface area contributed by atoms with Crippen LogP contribution in [0.15, 0.2) is 30.6 Å². The number of aromatic nitrogens is 2. The number of nitrogens with zero attached hydrogens (tertiary/aromatic N) is 2. The fraction of sp³-hybridized carbons (Fsp3) is 0.308. The number of anilines is 1. The molecule has 90 valence electrons. The van der Waals surface area contributed by atoms with Crippen LogP contribution in [0.3, 0.4) is 0 Å². The summed E-state index contributed by atoms with van der Waals surface area (Å²) in [5.74, 6) is 0. The zero-order chi connectivity index (χ0) is 12.3. The lowest BCUT2D eigenvalue weighted by Crippen LogP contribution is -2.10. The van der Waals surface area contributed by atoms with Crippen LogP contribution in [-0.2, 0) is 6.54 Å². The Hall–Kier alpha value is -1.48. The van der Waals surface area contributed by atoms with Crippen molar-refractivity contribution >= 4 is 17.3 Å². The zero-order valence-corrected chi connectivity index (χ0v) is 10.8. The van der Waals surface area contributed by atoms with Gasteiger partial charge in [-0.2, -0.15) is 0 Å². The van der Waals surface area contributed by atoms with Crippen LogP contribution in [0.25, 0.3) is 0 Å². The Bertz CT molecular complexity index is 488. The quantitative estimate of drug-likeness (QED) is 0.901. The van der Waals surface area contributed by atoms with Crippen molar-refractivity contribution in [2.45, 2.75) is 20.4 Å². The average molecular weight is 250 g/mol. The molecular weight excluding hydrogens is 234 g/mol. The lowest BCUT2D eigenvalue weighted by atomic mass is 10.3. The molecule has 1 aromatic carbocycles. The highest BCUT2D eigenvalue weighted by atomic mass is 35.5. The molecular formula is C13H16ClN3. The first-order valence-corrected chi connectivity index (χ1v) is 6.02. The van der Waals surface area contributed by atoms with Crippen molar-refractivity contribution in [3.63, 3.8) is 0 Å². The molecule has 0 spiro atoms. The lowest BCUT2D eigenvalue weighted by Gasteiger charge is -2.08. The van der Waals surface area contributed by atoms with E-state index in [2.05, 4.69) is 21.8 Å². The number of hydrogen-bond acceptors (Lipinski definition) is 2. The Morgan fingerprint density at radius 3 is 2.53 bits per heavy atom. The lowest BCUT2D eigenvalue weighted by molar-refractivity contribution is 0.705. The minimum absolute atomic E-state index is 0.761. The molecule has 0 radical (unpaired) electrons. The highest BCUT2D eigenvalue weighted by Crippen LogP contribution is 2.13. The molecule has 0 atom stereocenters. The number of benzene rings is 1. The predicted molar refractivity (Wildman–Crippen MR) is 71.6 cm³/mol. The molecule has 1 aromatic heterocycles. The predicted octanol–water partition coefficient (Wildman–Crippen LogP) is 3.27. The average Bonchev–Trinajstić information content (AvgIpc) is 2.64. The maximum atomic E-state index is 5.82. The van der Waals surface area contributed by atoms with E-state index in [4.69, 9.17) is 11.6 Å². The summed E-state index contributed by atoms with van der Waals surface area (Å²) < 4.78 is 2.15. The minimum atomic E-state index is 0.761. The molecule has 0 aliphatic heterocycles. The molecule has 0 bridgehead atoms. The van der Waals surface area contributed by atoms with Crippen LogP contribution in [-0.4, -0.2) is 16.1 Å². The molecule has 0 fully saturated rings. The van der Waals surface area contributed by atoms with Crippen LogP contribution < -0.4 is 5.32 Å². The second-order valence-electron chi connectivity index (χ2n) is 4.04. The van der Waals surface area contributed by atoms with Crippen LogP contribution in [0.4, 0.5) is 5.69 Å². The van der Waals surface area contributed by atoms with Gasteiger partial charge in [0.2, 0.25) is 0 Å². The highest BCUT2D eigenvalue weighted by molar-refractivity contribution is 6.30. The third kappa shape index (κ3) is 3.01. The SMILES string of the molecule is Cc1ncn(CCNc2ccc(Cl)cc2)c1C. The van der Waals surface area contributed by atoms with Crippen molar-refractivity contribution in [1.29, 1.82) is 0 Å². The number of aryl methyl sites for hydroxylation is 1. The molecule has 17 heavy (non-hydrogen) atoms. The number of imidazole rings is 1. The van der Waals surface area contributed by atoms with Crippen molar-refractivity contribution in [3.05, 3.63) is 47.0 Å². The summed E-state index contributed by atoms with van der Waals surface area (Å²) in [4.78, 5) is 4.27. The number of hydrogen-bond donors (Lipinski definition) is 1. The van der Waals surface area contributed by atoms with Crippen LogP contribution in [0.1, 0.15) is 11.4 Å². The topological polar surface area (TPSA) is 29.9 Å². The van der Waals surface area contributed by atoms with E-state index in [0.29, 0.717) is 0 Å². The standard InChI is InChI=1S/C13H16ClN3/c1-10-11(2)17(9-16-10)8-7-15-13-5-3-12(14)4-6-13/h3-6,9,15H,7-8H2,1-2H3. The second kappa shape index (κ2) is 5.23. The Morgan fingerprint density at radius 1 is 1.24 bits per heavy atom. The van der Waals surface area contributed by atoms with Gasteiger partial charge in [0.05, 0.1) is 12.0 Å². The van der Waals surface area contributed by atoms with Crippen molar-refractivity contribution in [1.82, 2.24) is 9.55 Å². The molecule has 0 saturated carbocycles. The first-order valence-electron chi connectivity index (χ1n) is 5.64. The minimum Gasteiger partial charge on any atom is -0.383 e. The van der Waals surface area contributed by atoms with Crippen molar-refractivity contribution < 1.29 is 0 Å². The van der Waals surface area contributed by atoms with E-state index in [1.807, 2.05) is 37.5 Å². The largest absolute Gasteiger partial charge is 0.383 e. The van der Waals surface area contributed by atoms with Gasteiger partial charge in [0.25, 0.3) is 0 Å². The van der Waals surface area contributed by atoms with E-state index in [1.165, 1.54) is 5.69 Å². The van der Waals surface area contributed by atoms with Gasteiger partial charge >= 0.3 is 0 Å². The molecule has 4 heteroatoms. The van der Waals surface area contributed by atoms with Gasteiger partial charge in [-0.3, -0.25) is 0 Å². The molecule has 1 heterocycles. The van der Waals surface area contributed by atoms with Crippen molar-refractivity contribution in [2.24, 2.45) is 0 Å². The summed E-state index contributed by atoms with van der Waals surface area (Å²) in [7, 11) is 0. The summed E-state index contributed by atoms with van der Waals surface area (Å²) in [5.41, 5.74) is 3.41. The van der Waals surface area contributed by atoms with Gasteiger partial charge in [-0.15, -0.1) is 0 Å². The molecule has 0 aliphatic rings. The fourth-order valence-corrected chi connectivity index (χ4v) is 1.78. The van der Waals surface area contributed by atoms with Gasteiger partial charge in [0.15, 0.2) is 0 Å². The zero-order valence-electron chi connectivity index (χ0n) is 10.1. The molecule has 0 aliphatic carbocycles. The highest BCUT2D eigenvalue weighted by Gasteiger charge is 2.00. The summed E-state index contributed by atoms with van der Waals surface area (Å²) in [6, 6.07) is 7.73. The van der Waals surface area contributed by atoms with E-state index < -0.39 is 0 Å². The van der Waals surface area contributed by atoms with Gasteiger partial charge in [-0.05, 0) is 38.1 Å². The first kappa shape index (κ1) is 12.0. The van der Waals surface area contributed by atoms with Gasteiger partial charge < -0.3 is 9.88 Å². The molecule has 0 unspecified atom stereocenters. The number of rotatable bonds is 4. The van der Waals surface area contributed by atoms with E-state index in [9.17, 15) is 0 Å². The Kier molecular flexibility index (Phi) is 3.69. The Balaban J connectivity index is 1.87. The normalized spacial score (nSPS) is 10.5. The summed E-state index contributed by atoms with van der Waals surface area (Å²) >= 11 is 5.82. The van der Waals surface area contributed by atoms with Crippen LogP contribution >= 0.6 is 11.6 Å². The van der Waals surface area contributed by atoms with Crippen molar-refractivity contribution in [3.8, 4) is 0 Å². The smallest absolute Gasteiger partial charge is 0.0952 e. The monoisotopic (exact) mass is 249 g/mol. The first-order chi connectivity index (χ1) is 8.16. The van der Waals surface area contributed by atoms with E-state index in [0.717, 1.165) is 29.5 Å². The van der Waals surface area contributed by atoms with E-state index in [-0.39, 0.29) is 0 Å². The fourth-order valence-electron chi connectivity index (χ4n) is 1.66. The molecule has 0 saturated heterocycles. The van der Waals surface area contributed by atoms with E-state index >= 15 is 0 Å². The van der Waals surface area contributed by atoms with Crippen molar-refractivity contribution in [2.75, 3.05) is 11.9 Å². The Morgan fingerprint density at radius 2 is 1.94 bits per heavy atom. The van der Waals surface area contributed by atoms with Gasteiger partial charge in [-0.25, -0.2) is 4.98 Å². The molecule has 2 rings (SSSR count). The van der Waals surface area contributed by atoms with Gasteiger partial charge in [0, 0.05) is 29.5 Å². The summed E-state index contributed by atoms with van der Waals surface area (Å²) in [6.07, 6.45) is 1.88. The summed E-state index contributed by atoms with van der Waals surface area (Å²) in [5, 5.41) is 4.11.